The molecule has 8 heteroatoms. The van der Waals surface area contributed by atoms with Crippen LogP contribution < -0.4 is 16.5 Å². The first-order valence-electron chi connectivity index (χ1n) is 7.86. The number of phenols is 1. The van der Waals surface area contributed by atoms with Gasteiger partial charge in [-0.15, -0.1) is 0 Å². The summed E-state index contributed by atoms with van der Waals surface area (Å²) in [5, 5.41) is 19.2. The number of rotatable bonds is 9. The summed E-state index contributed by atoms with van der Waals surface area (Å²) < 4.78 is 0. The van der Waals surface area contributed by atoms with E-state index in [-0.39, 0.29) is 23.6 Å². The fraction of sp³-hybridized carbons (Fsp3) is 0.438. The lowest BCUT2D eigenvalue weighted by atomic mass is 10.1. The normalized spacial score (nSPS) is 10.0. The molecule has 0 saturated carbocycles. The molecule has 0 aliphatic rings. The van der Waals surface area contributed by atoms with Gasteiger partial charge in [0.25, 0.3) is 5.91 Å². The molecule has 1 amide bonds. The van der Waals surface area contributed by atoms with Gasteiger partial charge in [0.2, 0.25) is 5.96 Å². The van der Waals surface area contributed by atoms with Gasteiger partial charge in [-0.05, 0) is 25.0 Å². The van der Waals surface area contributed by atoms with E-state index in [1.165, 1.54) is 6.07 Å². The summed E-state index contributed by atoms with van der Waals surface area (Å²) in [5.41, 5.74) is 7.25. The second kappa shape index (κ2) is 10.9. The molecule has 1 rings (SSSR count). The first-order valence-corrected chi connectivity index (χ1v) is 7.86. The van der Waals surface area contributed by atoms with Crippen LogP contribution in [0.25, 0.3) is 0 Å². The SMILES string of the molecule is N=C(N)NOC(=O)CCCCCCCNC(=O)c1ccccc1O. The molecular formula is C16H24N4O4. The molecule has 0 radical (unpaired) electrons. The van der Waals surface area contributed by atoms with E-state index >= 15 is 0 Å². The van der Waals surface area contributed by atoms with E-state index in [2.05, 4.69) is 10.2 Å². The molecule has 8 nitrogen and oxygen atoms in total. The highest BCUT2D eigenvalue weighted by molar-refractivity contribution is 5.96. The van der Waals surface area contributed by atoms with Crippen LogP contribution in [0.15, 0.2) is 24.3 Å². The van der Waals surface area contributed by atoms with E-state index in [1.54, 1.807) is 18.2 Å². The Morgan fingerprint density at radius 3 is 2.50 bits per heavy atom. The minimum Gasteiger partial charge on any atom is -0.507 e. The van der Waals surface area contributed by atoms with Crippen LogP contribution in [0.3, 0.4) is 0 Å². The maximum absolute atomic E-state index is 11.8. The van der Waals surface area contributed by atoms with E-state index in [9.17, 15) is 14.7 Å². The molecular weight excluding hydrogens is 312 g/mol. The number of unbranched alkanes of at least 4 members (excludes halogenated alkanes) is 4. The van der Waals surface area contributed by atoms with Gasteiger partial charge in [0.05, 0.1) is 5.56 Å². The van der Waals surface area contributed by atoms with Gasteiger partial charge in [0, 0.05) is 13.0 Å². The van der Waals surface area contributed by atoms with Crippen molar-refractivity contribution < 1.29 is 19.5 Å². The molecule has 0 bridgehead atoms. The van der Waals surface area contributed by atoms with E-state index < -0.39 is 11.9 Å². The average Bonchev–Trinajstić information content (AvgIpc) is 2.55. The largest absolute Gasteiger partial charge is 0.507 e. The molecule has 6 N–H and O–H groups in total. The quantitative estimate of drug-likeness (QED) is 0.200. The van der Waals surface area contributed by atoms with E-state index in [4.69, 9.17) is 11.1 Å². The number of nitrogens with two attached hydrogens (primary N) is 1. The Bertz CT molecular complexity index is 563. The lowest BCUT2D eigenvalue weighted by molar-refractivity contribution is -0.148. The number of phenolic OH excluding ortho intramolecular Hbond substituents is 1. The molecule has 0 spiro atoms. The minimum atomic E-state index is -0.444. The predicted octanol–water partition coefficient (Wildman–Crippen LogP) is 1.40. The van der Waals surface area contributed by atoms with Crippen molar-refractivity contribution >= 4 is 17.8 Å². The van der Waals surface area contributed by atoms with Crippen LogP contribution >= 0.6 is 0 Å². The number of para-hydroxylation sites is 1. The van der Waals surface area contributed by atoms with Crippen LogP contribution in [0.4, 0.5) is 0 Å². The molecule has 0 fully saturated rings. The Morgan fingerprint density at radius 2 is 1.79 bits per heavy atom. The fourth-order valence-corrected chi connectivity index (χ4v) is 2.05. The molecule has 0 saturated heterocycles. The number of amides is 1. The smallest absolute Gasteiger partial charge is 0.332 e. The lowest BCUT2D eigenvalue weighted by Crippen LogP contribution is -2.32. The molecule has 0 unspecified atom stereocenters. The van der Waals surface area contributed by atoms with Gasteiger partial charge < -0.3 is 21.0 Å². The van der Waals surface area contributed by atoms with Crippen molar-refractivity contribution in [2.75, 3.05) is 6.54 Å². The number of hydrogen-bond acceptors (Lipinski definition) is 5. The molecule has 0 aromatic heterocycles. The summed E-state index contributed by atoms with van der Waals surface area (Å²) in [6, 6.07) is 6.42. The van der Waals surface area contributed by atoms with Crippen molar-refractivity contribution in [1.82, 2.24) is 10.8 Å². The molecule has 0 aliphatic heterocycles. The first kappa shape index (κ1) is 19.3. The second-order valence-electron chi connectivity index (χ2n) is 5.28. The fourth-order valence-electron chi connectivity index (χ4n) is 2.05. The van der Waals surface area contributed by atoms with Crippen LogP contribution in [-0.2, 0) is 9.63 Å². The lowest BCUT2D eigenvalue weighted by Gasteiger charge is -2.07. The van der Waals surface area contributed by atoms with Crippen LogP contribution in [0.5, 0.6) is 5.75 Å². The van der Waals surface area contributed by atoms with E-state index in [1.807, 2.05) is 5.48 Å². The molecule has 132 valence electrons. The van der Waals surface area contributed by atoms with Gasteiger partial charge in [-0.25, -0.2) is 4.79 Å². The summed E-state index contributed by atoms with van der Waals surface area (Å²) in [7, 11) is 0. The highest BCUT2D eigenvalue weighted by Crippen LogP contribution is 2.15. The molecule has 24 heavy (non-hydrogen) atoms. The Hall–Kier alpha value is -2.77. The number of aromatic hydroxyl groups is 1. The summed E-state index contributed by atoms with van der Waals surface area (Å²) in [6.45, 7) is 0.539. The standard InChI is InChI=1S/C16H24N4O4/c17-16(18)20-24-14(22)10-4-2-1-3-7-11-19-15(23)12-8-5-6-9-13(12)21/h5-6,8-9,21H,1-4,7,10-11H2,(H,19,23)(H4,17,18,20). The third kappa shape index (κ3) is 8.02. The third-order valence-electron chi connectivity index (χ3n) is 3.27. The summed E-state index contributed by atoms with van der Waals surface area (Å²) >= 11 is 0. The highest BCUT2D eigenvalue weighted by atomic mass is 16.7. The Morgan fingerprint density at radius 1 is 1.12 bits per heavy atom. The second-order valence-corrected chi connectivity index (χ2v) is 5.28. The number of benzene rings is 1. The summed E-state index contributed by atoms with van der Waals surface area (Å²) in [6.07, 6.45) is 4.55. The zero-order valence-electron chi connectivity index (χ0n) is 13.5. The monoisotopic (exact) mass is 336 g/mol. The maximum Gasteiger partial charge on any atom is 0.332 e. The zero-order valence-corrected chi connectivity index (χ0v) is 13.5. The molecule has 0 atom stereocenters. The Labute approximate surface area is 140 Å². The molecule has 0 heterocycles. The average molecular weight is 336 g/mol. The first-order chi connectivity index (χ1) is 11.5. The van der Waals surface area contributed by atoms with Gasteiger partial charge in [-0.1, -0.05) is 31.4 Å². The number of guanidine groups is 1. The predicted molar refractivity (Wildman–Crippen MR) is 89.3 cm³/mol. The van der Waals surface area contributed by atoms with Gasteiger partial charge in [-0.2, -0.15) is 5.48 Å². The number of hydrogen-bond donors (Lipinski definition) is 5. The zero-order chi connectivity index (χ0) is 17.8. The van der Waals surface area contributed by atoms with E-state index in [0.29, 0.717) is 13.0 Å². The number of nitrogens with one attached hydrogen (secondary N) is 3. The van der Waals surface area contributed by atoms with Crippen LogP contribution in [0.2, 0.25) is 0 Å². The van der Waals surface area contributed by atoms with Gasteiger partial charge in [0.15, 0.2) is 0 Å². The highest BCUT2D eigenvalue weighted by Gasteiger charge is 2.08. The van der Waals surface area contributed by atoms with Crippen molar-refractivity contribution in [3.05, 3.63) is 29.8 Å². The topological polar surface area (TPSA) is 138 Å². The number of carbonyl (C=O) groups is 2. The molecule has 0 aliphatic carbocycles. The van der Waals surface area contributed by atoms with Crippen LogP contribution in [0, 0.1) is 5.41 Å². The third-order valence-corrected chi connectivity index (χ3v) is 3.27. The van der Waals surface area contributed by atoms with Crippen molar-refractivity contribution in [3.63, 3.8) is 0 Å². The Kier molecular flexibility index (Phi) is 8.73. The van der Waals surface area contributed by atoms with Crippen LogP contribution in [0.1, 0.15) is 48.9 Å². The van der Waals surface area contributed by atoms with Crippen molar-refractivity contribution in [1.29, 1.82) is 5.41 Å². The van der Waals surface area contributed by atoms with Crippen LogP contribution in [-0.4, -0.2) is 29.5 Å². The number of carbonyl (C=O) groups excluding carboxylic acids is 2. The van der Waals surface area contributed by atoms with Gasteiger partial charge in [-0.3, -0.25) is 10.2 Å². The molecule has 1 aromatic carbocycles. The van der Waals surface area contributed by atoms with Crippen molar-refractivity contribution in [2.24, 2.45) is 5.73 Å². The van der Waals surface area contributed by atoms with E-state index in [0.717, 1.165) is 25.7 Å². The van der Waals surface area contributed by atoms with Gasteiger partial charge >= 0.3 is 5.97 Å². The maximum atomic E-state index is 11.8. The Balaban J connectivity index is 2.01. The molecule has 1 aromatic rings. The van der Waals surface area contributed by atoms with Gasteiger partial charge in [0.1, 0.15) is 5.75 Å². The number of hydroxylamine groups is 1. The summed E-state index contributed by atoms with van der Waals surface area (Å²) in [4.78, 5) is 27.6. The minimum absolute atomic E-state index is 0.0267. The van der Waals surface area contributed by atoms with Crippen molar-refractivity contribution in [3.8, 4) is 5.75 Å². The summed E-state index contributed by atoms with van der Waals surface area (Å²) in [5.74, 6) is -1.16. The van der Waals surface area contributed by atoms with Crippen molar-refractivity contribution in [2.45, 2.75) is 38.5 Å².